The van der Waals surface area contributed by atoms with Gasteiger partial charge in [-0.15, -0.1) is 0 Å². The van der Waals surface area contributed by atoms with Crippen molar-refractivity contribution >= 4 is 35.0 Å². The molecule has 0 aliphatic rings. The zero-order chi connectivity index (χ0) is 18.4. The lowest BCUT2D eigenvalue weighted by Gasteiger charge is -2.09. The van der Waals surface area contributed by atoms with Crippen LogP contribution in [-0.4, -0.2) is 15.9 Å². The normalized spacial score (nSPS) is 10.8. The number of pyridine rings is 1. The summed E-state index contributed by atoms with van der Waals surface area (Å²) in [6, 6.07) is 17.9. The third-order valence-electron chi connectivity index (χ3n) is 3.78. The Balaban J connectivity index is 1.77. The summed E-state index contributed by atoms with van der Waals surface area (Å²) in [6.45, 7) is 0.00463. The predicted octanol–water partition coefficient (Wildman–Crippen LogP) is 4.87. The number of aliphatic hydroxyl groups is 1. The summed E-state index contributed by atoms with van der Waals surface area (Å²) in [4.78, 5) is 16.6. The third kappa shape index (κ3) is 4.57. The SMILES string of the molecule is O=C(/C=C/c1cccnc1Nc1ccc(CO)cc1)c1ccc(Cl)cc1. The highest BCUT2D eigenvalue weighted by molar-refractivity contribution is 6.30. The summed E-state index contributed by atoms with van der Waals surface area (Å²) in [6.07, 6.45) is 4.93. The largest absolute Gasteiger partial charge is 0.392 e. The first-order chi connectivity index (χ1) is 12.7. The van der Waals surface area contributed by atoms with Gasteiger partial charge in [-0.3, -0.25) is 4.79 Å². The molecule has 2 N–H and O–H groups in total. The summed E-state index contributed by atoms with van der Waals surface area (Å²) < 4.78 is 0. The molecule has 0 bridgehead atoms. The molecule has 0 atom stereocenters. The van der Waals surface area contributed by atoms with Crippen LogP contribution in [0.15, 0.2) is 72.9 Å². The van der Waals surface area contributed by atoms with Crippen molar-refractivity contribution in [2.24, 2.45) is 0 Å². The zero-order valence-corrected chi connectivity index (χ0v) is 14.6. The van der Waals surface area contributed by atoms with Gasteiger partial charge >= 0.3 is 0 Å². The Hall–Kier alpha value is -2.95. The van der Waals surface area contributed by atoms with Crippen LogP contribution in [0.1, 0.15) is 21.5 Å². The molecule has 130 valence electrons. The number of allylic oxidation sites excluding steroid dienone is 1. The number of aromatic nitrogens is 1. The molecule has 1 heterocycles. The van der Waals surface area contributed by atoms with Gasteiger partial charge in [-0.1, -0.05) is 23.7 Å². The van der Waals surface area contributed by atoms with Crippen LogP contribution in [0.3, 0.4) is 0 Å². The van der Waals surface area contributed by atoms with Crippen LogP contribution in [-0.2, 0) is 6.61 Å². The number of ketones is 1. The van der Waals surface area contributed by atoms with Gasteiger partial charge in [0.1, 0.15) is 5.82 Å². The van der Waals surface area contributed by atoms with E-state index in [-0.39, 0.29) is 12.4 Å². The second-order valence-corrected chi connectivity index (χ2v) is 6.06. The highest BCUT2D eigenvalue weighted by Gasteiger charge is 2.04. The number of nitrogens with one attached hydrogen (secondary N) is 1. The molecule has 0 spiro atoms. The predicted molar refractivity (Wildman–Crippen MR) is 105 cm³/mol. The number of anilines is 2. The minimum atomic E-state index is -0.108. The van der Waals surface area contributed by atoms with E-state index < -0.39 is 0 Å². The molecule has 0 fully saturated rings. The summed E-state index contributed by atoms with van der Waals surface area (Å²) in [5.41, 5.74) is 3.05. The number of benzene rings is 2. The highest BCUT2D eigenvalue weighted by atomic mass is 35.5. The van der Waals surface area contributed by atoms with E-state index >= 15 is 0 Å². The number of hydrogen-bond acceptors (Lipinski definition) is 4. The monoisotopic (exact) mass is 364 g/mol. The molecule has 3 rings (SSSR count). The molecular formula is C21H17ClN2O2. The van der Waals surface area contributed by atoms with Crippen LogP contribution in [0.4, 0.5) is 11.5 Å². The van der Waals surface area contributed by atoms with Gasteiger partial charge in [0, 0.05) is 28.0 Å². The second-order valence-electron chi connectivity index (χ2n) is 5.63. The van der Waals surface area contributed by atoms with E-state index in [2.05, 4.69) is 10.3 Å². The van der Waals surface area contributed by atoms with E-state index in [1.54, 1.807) is 36.5 Å². The molecule has 0 unspecified atom stereocenters. The molecule has 26 heavy (non-hydrogen) atoms. The van der Waals surface area contributed by atoms with E-state index in [0.29, 0.717) is 16.4 Å². The minimum absolute atomic E-state index is 0.00463. The Morgan fingerprint density at radius 2 is 1.81 bits per heavy atom. The van der Waals surface area contributed by atoms with Crippen molar-refractivity contribution in [3.05, 3.63) is 94.6 Å². The van der Waals surface area contributed by atoms with Crippen LogP contribution in [0.5, 0.6) is 0 Å². The zero-order valence-electron chi connectivity index (χ0n) is 13.9. The molecule has 0 saturated carbocycles. The molecule has 4 nitrogen and oxygen atoms in total. The van der Waals surface area contributed by atoms with E-state index in [4.69, 9.17) is 16.7 Å². The van der Waals surface area contributed by atoms with Crippen molar-refractivity contribution < 1.29 is 9.90 Å². The van der Waals surface area contributed by atoms with Gasteiger partial charge < -0.3 is 10.4 Å². The maximum absolute atomic E-state index is 12.3. The van der Waals surface area contributed by atoms with Gasteiger partial charge in [0.2, 0.25) is 0 Å². The first kappa shape index (κ1) is 17.9. The maximum Gasteiger partial charge on any atom is 0.185 e. The smallest absolute Gasteiger partial charge is 0.185 e. The molecule has 0 saturated heterocycles. The molecule has 0 aliphatic heterocycles. The Bertz CT molecular complexity index is 920. The van der Waals surface area contributed by atoms with Gasteiger partial charge in [0.15, 0.2) is 5.78 Å². The molecule has 0 aliphatic carbocycles. The van der Waals surface area contributed by atoms with Crippen LogP contribution < -0.4 is 5.32 Å². The average molecular weight is 365 g/mol. The van der Waals surface area contributed by atoms with Crippen molar-refractivity contribution in [2.45, 2.75) is 6.61 Å². The van der Waals surface area contributed by atoms with Gasteiger partial charge in [0.25, 0.3) is 0 Å². The number of halogens is 1. The second kappa shape index (κ2) is 8.43. The summed E-state index contributed by atoms with van der Waals surface area (Å²) in [5, 5.41) is 12.9. The van der Waals surface area contributed by atoms with Crippen molar-refractivity contribution in [3.8, 4) is 0 Å². The van der Waals surface area contributed by atoms with Crippen LogP contribution in [0.25, 0.3) is 6.08 Å². The first-order valence-electron chi connectivity index (χ1n) is 8.05. The first-order valence-corrected chi connectivity index (χ1v) is 8.43. The average Bonchev–Trinajstić information content (AvgIpc) is 2.68. The summed E-state index contributed by atoms with van der Waals surface area (Å²) in [7, 11) is 0. The maximum atomic E-state index is 12.3. The van der Waals surface area contributed by atoms with Crippen molar-refractivity contribution in [1.82, 2.24) is 4.98 Å². The Morgan fingerprint density at radius 3 is 2.50 bits per heavy atom. The molecule has 1 aromatic heterocycles. The van der Waals surface area contributed by atoms with E-state index in [1.807, 2.05) is 36.4 Å². The lowest BCUT2D eigenvalue weighted by atomic mass is 10.1. The van der Waals surface area contributed by atoms with Crippen LogP contribution in [0.2, 0.25) is 5.02 Å². The number of carbonyl (C=O) groups excluding carboxylic acids is 1. The molecule has 3 aromatic rings. The fourth-order valence-electron chi connectivity index (χ4n) is 2.36. The van der Waals surface area contributed by atoms with Crippen LogP contribution in [0, 0.1) is 0 Å². The number of carbonyl (C=O) groups is 1. The van der Waals surface area contributed by atoms with E-state index in [1.165, 1.54) is 6.08 Å². The number of aliphatic hydroxyl groups excluding tert-OH is 1. The Morgan fingerprint density at radius 1 is 1.08 bits per heavy atom. The Labute approximate surface area is 156 Å². The molecule has 0 amide bonds. The highest BCUT2D eigenvalue weighted by Crippen LogP contribution is 2.20. The number of hydrogen-bond donors (Lipinski definition) is 2. The fraction of sp³-hybridized carbons (Fsp3) is 0.0476. The number of rotatable bonds is 6. The molecule has 2 aromatic carbocycles. The fourth-order valence-corrected chi connectivity index (χ4v) is 2.49. The number of nitrogens with zero attached hydrogens (tertiary/aromatic N) is 1. The van der Waals surface area contributed by atoms with Crippen molar-refractivity contribution in [3.63, 3.8) is 0 Å². The van der Waals surface area contributed by atoms with Gasteiger partial charge in [0.05, 0.1) is 6.61 Å². The van der Waals surface area contributed by atoms with Crippen LogP contribution >= 0.6 is 11.6 Å². The van der Waals surface area contributed by atoms with E-state index in [9.17, 15) is 4.79 Å². The van der Waals surface area contributed by atoms with Crippen molar-refractivity contribution in [2.75, 3.05) is 5.32 Å². The summed E-state index contributed by atoms with van der Waals surface area (Å²) in [5.74, 6) is 0.535. The van der Waals surface area contributed by atoms with E-state index in [0.717, 1.165) is 16.8 Å². The molecule has 0 radical (unpaired) electrons. The lowest BCUT2D eigenvalue weighted by Crippen LogP contribution is -1.97. The molecular weight excluding hydrogens is 348 g/mol. The van der Waals surface area contributed by atoms with Gasteiger partial charge in [-0.05, 0) is 66.2 Å². The van der Waals surface area contributed by atoms with Gasteiger partial charge in [-0.2, -0.15) is 0 Å². The third-order valence-corrected chi connectivity index (χ3v) is 4.03. The van der Waals surface area contributed by atoms with Gasteiger partial charge in [-0.25, -0.2) is 4.98 Å². The Kier molecular flexibility index (Phi) is 5.79. The lowest BCUT2D eigenvalue weighted by molar-refractivity contribution is 0.104. The topological polar surface area (TPSA) is 62.2 Å². The summed E-state index contributed by atoms with van der Waals surface area (Å²) >= 11 is 5.85. The molecule has 5 heteroatoms. The minimum Gasteiger partial charge on any atom is -0.392 e. The standard InChI is InChI=1S/C21H17ClN2O2/c22-18-8-5-16(6-9-18)20(26)12-7-17-2-1-13-23-21(17)24-19-10-3-15(14-25)4-11-19/h1-13,25H,14H2,(H,23,24)/b12-7+. The van der Waals surface area contributed by atoms with Crippen molar-refractivity contribution in [1.29, 1.82) is 0 Å². The quantitative estimate of drug-likeness (QED) is 0.484.